The molecule has 0 spiro atoms. The molecule has 0 aliphatic carbocycles. The van der Waals surface area contributed by atoms with Gasteiger partial charge in [-0.3, -0.25) is 0 Å². The molecule has 2 N–H and O–H groups in total. The van der Waals surface area contributed by atoms with Crippen molar-refractivity contribution in [3.63, 3.8) is 0 Å². The summed E-state index contributed by atoms with van der Waals surface area (Å²) in [6.45, 7) is 5.81. The van der Waals surface area contributed by atoms with E-state index in [1.54, 1.807) is 0 Å². The van der Waals surface area contributed by atoms with Crippen molar-refractivity contribution in [3.8, 4) is 0 Å². The number of nitrogens with one attached hydrogen (secondary N) is 1. The number of hydrogen-bond acceptors (Lipinski definition) is 4. The molecule has 0 radical (unpaired) electrons. The van der Waals surface area contributed by atoms with E-state index in [9.17, 15) is 9.90 Å². The molecule has 0 fully saturated rings. The molecule has 1 unspecified atom stereocenters. The van der Waals surface area contributed by atoms with Crippen molar-refractivity contribution >= 4 is 5.97 Å². The summed E-state index contributed by atoms with van der Waals surface area (Å²) in [5.74, 6) is -0.601. The van der Waals surface area contributed by atoms with Crippen LogP contribution in [0, 0.1) is 0 Å². The largest absolute Gasteiger partial charge is 0.467 e. The number of carbonyl (C=O) groups is 1. The fraction of sp³-hybridized carbons (Fsp3) is 0.900. The normalized spacial score (nSPS) is 15.3. The second-order valence-electron chi connectivity index (χ2n) is 3.66. The van der Waals surface area contributed by atoms with Crippen LogP contribution in [0.1, 0.15) is 33.6 Å². The first-order valence-corrected chi connectivity index (χ1v) is 5.02. The number of hydrogen-bond donors (Lipinski definition) is 2. The number of carbonyl (C=O) groups excluding carboxylic acids is 1. The summed E-state index contributed by atoms with van der Waals surface area (Å²) in [6, 6.07) is 0.339. The maximum absolute atomic E-state index is 11.1. The molecular weight excluding hydrogens is 182 g/mol. The highest BCUT2D eigenvalue weighted by Crippen LogP contribution is 2.05. The molecule has 14 heavy (non-hydrogen) atoms. The molecule has 0 aliphatic rings. The van der Waals surface area contributed by atoms with E-state index in [0.29, 0.717) is 6.04 Å². The molecule has 4 heteroatoms. The van der Waals surface area contributed by atoms with E-state index in [4.69, 9.17) is 0 Å². The van der Waals surface area contributed by atoms with Crippen molar-refractivity contribution in [1.29, 1.82) is 0 Å². The first-order valence-electron chi connectivity index (χ1n) is 5.02. The van der Waals surface area contributed by atoms with E-state index < -0.39 is 11.6 Å². The van der Waals surface area contributed by atoms with Crippen LogP contribution in [-0.4, -0.2) is 36.4 Å². The molecular formula is C10H21NO3. The molecule has 0 saturated heterocycles. The Morgan fingerprint density at radius 2 is 2.00 bits per heavy atom. The Hall–Kier alpha value is -0.610. The predicted molar refractivity (Wildman–Crippen MR) is 55.0 cm³/mol. The third kappa shape index (κ3) is 4.07. The zero-order valence-electron chi connectivity index (χ0n) is 9.46. The van der Waals surface area contributed by atoms with Gasteiger partial charge in [0.25, 0.3) is 0 Å². The van der Waals surface area contributed by atoms with Crippen LogP contribution in [0.5, 0.6) is 0 Å². The first-order chi connectivity index (χ1) is 6.47. The lowest BCUT2D eigenvalue weighted by Crippen LogP contribution is -2.48. The highest BCUT2D eigenvalue weighted by molar-refractivity contribution is 5.78. The maximum atomic E-state index is 11.1. The number of aliphatic hydroxyl groups is 1. The van der Waals surface area contributed by atoms with Gasteiger partial charge in [-0.1, -0.05) is 13.8 Å². The molecule has 0 heterocycles. The zero-order chi connectivity index (χ0) is 11.2. The third-order valence-corrected chi connectivity index (χ3v) is 2.35. The number of ether oxygens (including phenoxy) is 1. The van der Waals surface area contributed by atoms with E-state index >= 15 is 0 Å². The fourth-order valence-electron chi connectivity index (χ4n) is 1.21. The number of esters is 1. The molecule has 0 aromatic carbocycles. The van der Waals surface area contributed by atoms with E-state index in [2.05, 4.69) is 23.9 Å². The van der Waals surface area contributed by atoms with Crippen molar-refractivity contribution in [1.82, 2.24) is 5.32 Å². The third-order valence-electron chi connectivity index (χ3n) is 2.35. The van der Waals surface area contributed by atoms with Crippen LogP contribution in [0.15, 0.2) is 0 Å². The van der Waals surface area contributed by atoms with E-state index in [1.807, 2.05) is 0 Å². The van der Waals surface area contributed by atoms with Gasteiger partial charge in [0.1, 0.15) is 0 Å². The van der Waals surface area contributed by atoms with Gasteiger partial charge in [0.15, 0.2) is 5.60 Å². The Morgan fingerprint density at radius 1 is 1.50 bits per heavy atom. The van der Waals surface area contributed by atoms with Gasteiger partial charge in [-0.15, -0.1) is 0 Å². The quantitative estimate of drug-likeness (QED) is 0.624. The minimum atomic E-state index is -1.43. The van der Waals surface area contributed by atoms with Crippen molar-refractivity contribution in [2.75, 3.05) is 13.7 Å². The second-order valence-corrected chi connectivity index (χ2v) is 3.66. The van der Waals surface area contributed by atoms with Crippen LogP contribution < -0.4 is 5.32 Å². The fourth-order valence-corrected chi connectivity index (χ4v) is 1.21. The van der Waals surface area contributed by atoms with Crippen molar-refractivity contribution in [3.05, 3.63) is 0 Å². The highest BCUT2D eigenvalue weighted by atomic mass is 16.5. The Labute approximate surface area is 85.6 Å². The molecule has 0 bridgehead atoms. The van der Waals surface area contributed by atoms with Crippen LogP contribution in [0.4, 0.5) is 0 Å². The zero-order valence-corrected chi connectivity index (χ0v) is 9.46. The van der Waals surface area contributed by atoms with Gasteiger partial charge in [-0.2, -0.15) is 0 Å². The van der Waals surface area contributed by atoms with E-state index in [1.165, 1.54) is 14.0 Å². The number of methoxy groups -OCH3 is 1. The monoisotopic (exact) mass is 203 g/mol. The van der Waals surface area contributed by atoms with Gasteiger partial charge >= 0.3 is 5.97 Å². The van der Waals surface area contributed by atoms with Gasteiger partial charge in [-0.05, 0) is 19.8 Å². The first kappa shape index (κ1) is 13.4. The summed E-state index contributed by atoms with van der Waals surface area (Å²) in [5.41, 5.74) is -1.43. The Morgan fingerprint density at radius 3 is 2.36 bits per heavy atom. The van der Waals surface area contributed by atoms with Crippen molar-refractivity contribution in [2.45, 2.75) is 45.3 Å². The van der Waals surface area contributed by atoms with Gasteiger partial charge in [0.05, 0.1) is 7.11 Å². The lowest BCUT2D eigenvalue weighted by atomic mass is 10.1. The standard InChI is InChI=1S/C10H21NO3/c1-5-8(6-2)11-7-10(3,13)9(12)14-4/h8,11,13H,5-7H2,1-4H3. The van der Waals surface area contributed by atoms with Crippen molar-refractivity contribution in [2.24, 2.45) is 0 Å². The predicted octanol–water partition coefficient (Wildman–Crippen LogP) is 0.689. The highest BCUT2D eigenvalue weighted by Gasteiger charge is 2.31. The maximum Gasteiger partial charge on any atom is 0.338 e. The van der Waals surface area contributed by atoms with Crippen LogP contribution in [0.2, 0.25) is 0 Å². The summed E-state index contributed by atoms with van der Waals surface area (Å²) >= 11 is 0. The van der Waals surface area contributed by atoms with Gasteiger partial charge < -0.3 is 15.2 Å². The summed E-state index contributed by atoms with van der Waals surface area (Å²) in [5, 5.41) is 12.8. The average Bonchev–Trinajstić information content (AvgIpc) is 2.18. The smallest absolute Gasteiger partial charge is 0.338 e. The Balaban J connectivity index is 4.03. The van der Waals surface area contributed by atoms with E-state index in [0.717, 1.165) is 12.8 Å². The molecule has 0 aliphatic heterocycles. The molecule has 0 rings (SSSR count). The Kier molecular flexibility index (Phi) is 5.72. The molecule has 0 aromatic rings. The topological polar surface area (TPSA) is 58.6 Å². The van der Waals surface area contributed by atoms with Crippen molar-refractivity contribution < 1.29 is 14.6 Å². The average molecular weight is 203 g/mol. The summed E-state index contributed by atoms with van der Waals surface area (Å²) < 4.78 is 4.49. The Bertz CT molecular complexity index is 176. The molecule has 0 amide bonds. The summed E-state index contributed by atoms with van der Waals surface area (Å²) in [4.78, 5) is 11.1. The molecule has 1 atom stereocenters. The van der Waals surface area contributed by atoms with Crippen LogP contribution >= 0.6 is 0 Å². The van der Waals surface area contributed by atoms with Gasteiger partial charge in [0.2, 0.25) is 0 Å². The minimum absolute atomic E-state index is 0.228. The molecule has 0 aromatic heterocycles. The van der Waals surface area contributed by atoms with E-state index in [-0.39, 0.29) is 6.54 Å². The number of rotatable bonds is 6. The van der Waals surface area contributed by atoms with Crippen LogP contribution in [-0.2, 0) is 9.53 Å². The second kappa shape index (κ2) is 5.98. The van der Waals surface area contributed by atoms with Crippen LogP contribution in [0.3, 0.4) is 0 Å². The van der Waals surface area contributed by atoms with Crippen LogP contribution in [0.25, 0.3) is 0 Å². The molecule has 84 valence electrons. The summed E-state index contributed by atoms with van der Waals surface area (Å²) in [6.07, 6.45) is 1.96. The van der Waals surface area contributed by atoms with Gasteiger partial charge in [0, 0.05) is 12.6 Å². The summed E-state index contributed by atoms with van der Waals surface area (Å²) in [7, 11) is 1.27. The lowest BCUT2D eigenvalue weighted by Gasteiger charge is -2.23. The lowest BCUT2D eigenvalue weighted by molar-refractivity contribution is -0.160. The molecule has 0 saturated carbocycles. The molecule has 4 nitrogen and oxygen atoms in total. The van der Waals surface area contributed by atoms with Gasteiger partial charge in [-0.25, -0.2) is 4.79 Å². The minimum Gasteiger partial charge on any atom is -0.467 e. The SMILES string of the molecule is CCC(CC)NCC(C)(O)C(=O)OC.